The van der Waals surface area contributed by atoms with E-state index in [0.717, 1.165) is 23.7 Å². The van der Waals surface area contributed by atoms with Crippen molar-refractivity contribution >= 4 is 0 Å². The number of hydrogen-bond acceptors (Lipinski definition) is 3. The first-order valence-corrected chi connectivity index (χ1v) is 7.02. The maximum absolute atomic E-state index is 4.59. The zero-order valence-electron chi connectivity index (χ0n) is 11.3. The van der Waals surface area contributed by atoms with Gasteiger partial charge in [0.05, 0.1) is 17.9 Å². The van der Waals surface area contributed by atoms with Gasteiger partial charge in [0.1, 0.15) is 5.69 Å². The van der Waals surface area contributed by atoms with Crippen molar-refractivity contribution < 1.29 is 0 Å². The van der Waals surface area contributed by atoms with E-state index in [4.69, 9.17) is 0 Å². The van der Waals surface area contributed by atoms with Crippen LogP contribution in [-0.2, 0) is 0 Å². The zero-order chi connectivity index (χ0) is 13.1. The summed E-state index contributed by atoms with van der Waals surface area (Å²) in [5, 5.41) is 12.3. The Bertz CT molecular complexity index is 516. The number of benzene rings is 1. The van der Waals surface area contributed by atoms with E-state index in [9.17, 15) is 0 Å². The number of rotatable bonds is 6. The van der Waals surface area contributed by atoms with E-state index in [2.05, 4.69) is 15.5 Å². The van der Waals surface area contributed by atoms with Crippen molar-refractivity contribution in [2.45, 2.75) is 31.7 Å². The number of aromatic nitrogens is 3. The van der Waals surface area contributed by atoms with E-state index in [1.54, 1.807) is 4.80 Å². The van der Waals surface area contributed by atoms with E-state index in [1.165, 1.54) is 19.3 Å². The second-order valence-corrected chi connectivity index (χ2v) is 5.26. The van der Waals surface area contributed by atoms with E-state index in [-0.39, 0.29) is 0 Å². The summed E-state index contributed by atoms with van der Waals surface area (Å²) in [4.78, 5) is 1.71. The average Bonchev–Trinajstić information content (AvgIpc) is 3.16. The van der Waals surface area contributed by atoms with E-state index in [1.807, 2.05) is 43.6 Å². The Morgan fingerprint density at radius 1 is 1.32 bits per heavy atom. The monoisotopic (exact) mass is 256 g/mol. The maximum Gasteiger partial charge on any atom is 0.100 e. The first kappa shape index (κ1) is 12.4. The molecular formula is C15H20N4. The normalized spacial score (nSPS) is 16.5. The van der Waals surface area contributed by atoms with Crippen molar-refractivity contribution in [3.63, 3.8) is 0 Å². The van der Waals surface area contributed by atoms with Crippen molar-refractivity contribution in [3.05, 3.63) is 42.2 Å². The van der Waals surface area contributed by atoms with Crippen LogP contribution in [-0.4, -0.2) is 22.0 Å². The van der Waals surface area contributed by atoms with Crippen LogP contribution in [0.1, 0.15) is 37.4 Å². The first-order valence-electron chi connectivity index (χ1n) is 7.02. The third-order valence-electron chi connectivity index (χ3n) is 3.76. The summed E-state index contributed by atoms with van der Waals surface area (Å²) in [7, 11) is 2.00. The molecule has 1 atom stereocenters. The third kappa shape index (κ3) is 3.01. The molecule has 1 heterocycles. The fourth-order valence-corrected chi connectivity index (χ4v) is 2.37. The summed E-state index contributed by atoms with van der Waals surface area (Å²) in [6.07, 6.45) is 7.14. The molecule has 4 nitrogen and oxygen atoms in total. The van der Waals surface area contributed by atoms with E-state index in [0.29, 0.717) is 6.04 Å². The third-order valence-corrected chi connectivity index (χ3v) is 3.76. The van der Waals surface area contributed by atoms with Crippen LogP contribution >= 0.6 is 0 Å². The van der Waals surface area contributed by atoms with E-state index < -0.39 is 0 Å². The van der Waals surface area contributed by atoms with Crippen LogP contribution in [0.2, 0.25) is 0 Å². The number of hydrogen-bond donors (Lipinski definition) is 1. The van der Waals surface area contributed by atoms with Gasteiger partial charge in [0, 0.05) is 0 Å². The van der Waals surface area contributed by atoms with Crippen LogP contribution in [0.5, 0.6) is 0 Å². The summed E-state index contributed by atoms with van der Waals surface area (Å²) in [5.74, 6) is 0.958. The van der Waals surface area contributed by atoms with Gasteiger partial charge in [0.25, 0.3) is 0 Å². The lowest BCUT2D eigenvalue weighted by molar-refractivity contribution is 0.492. The second-order valence-electron chi connectivity index (χ2n) is 5.26. The topological polar surface area (TPSA) is 42.7 Å². The van der Waals surface area contributed by atoms with Crippen LogP contribution in [0.25, 0.3) is 5.69 Å². The van der Waals surface area contributed by atoms with Gasteiger partial charge in [-0.05, 0) is 37.9 Å². The van der Waals surface area contributed by atoms with Crippen LogP contribution < -0.4 is 5.32 Å². The molecule has 2 aromatic rings. The molecule has 1 aliphatic carbocycles. The lowest BCUT2D eigenvalue weighted by Gasteiger charge is -2.12. The van der Waals surface area contributed by atoms with Gasteiger partial charge in [-0.1, -0.05) is 31.0 Å². The molecule has 1 unspecified atom stereocenters. The lowest BCUT2D eigenvalue weighted by atomic mass is 10.1. The summed E-state index contributed by atoms with van der Waals surface area (Å²) in [6.45, 7) is 0. The summed E-state index contributed by atoms with van der Waals surface area (Å²) >= 11 is 0. The van der Waals surface area contributed by atoms with Gasteiger partial charge in [-0.15, -0.1) is 0 Å². The molecule has 1 aliphatic rings. The minimum atomic E-state index is 0.318. The molecule has 0 aliphatic heterocycles. The molecule has 19 heavy (non-hydrogen) atoms. The molecule has 1 fully saturated rings. The van der Waals surface area contributed by atoms with Crippen LogP contribution in [0.3, 0.4) is 0 Å². The van der Waals surface area contributed by atoms with Crippen LogP contribution in [0.4, 0.5) is 0 Å². The highest BCUT2D eigenvalue weighted by Crippen LogP contribution is 2.35. The standard InChI is InChI=1S/C15H20N4/c1-16-14(10-9-12-7-8-12)15-11-17-19(18-15)13-5-3-2-4-6-13/h2-6,11-12,14,16H,7-10H2,1H3. The fourth-order valence-electron chi connectivity index (χ4n) is 2.37. The lowest BCUT2D eigenvalue weighted by Crippen LogP contribution is -2.17. The highest BCUT2D eigenvalue weighted by atomic mass is 15.5. The second kappa shape index (κ2) is 5.53. The highest BCUT2D eigenvalue weighted by molar-refractivity contribution is 5.28. The molecule has 100 valence electrons. The summed E-state index contributed by atoms with van der Waals surface area (Å²) in [6, 6.07) is 10.4. The molecule has 0 bridgehead atoms. The number of nitrogens with zero attached hydrogens (tertiary/aromatic N) is 3. The van der Waals surface area contributed by atoms with Gasteiger partial charge in [-0.2, -0.15) is 15.0 Å². The number of nitrogens with one attached hydrogen (secondary N) is 1. The van der Waals surface area contributed by atoms with Crippen molar-refractivity contribution in [1.82, 2.24) is 20.3 Å². The summed E-state index contributed by atoms with van der Waals surface area (Å²) < 4.78 is 0. The predicted molar refractivity (Wildman–Crippen MR) is 75.1 cm³/mol. The Labute approximate surface area is 113 Å². The largest absolute Gasteiger partial charge is 0.312 e. The average molecular weight is 256 g/mol. The molecule has 1 saturated carbocycles. The fraction of sp³-hybridized carbons (Fsp3) is 0.467. The Morgan fingerprint density at radius 2 is 2.11 bits per heavy atom. The predicted octanol–water partition coefficient (Wildman–Crippen LogP) is 2.72. The molecular weight excluding hydrogens is 236 g/mol. The minimum absolute atomic E-state index is 0.318. The molecule has 1 N–H and O–H groups in total. The van der Waals surface area contributed by atoms with Crippen molar-refractivity contribution in [3.8, 4) is 5.69 Å². The Balaban J connectivity index is 1.71. The van der Waals surface area contributed by atoms with Crippen molar-refractivity contribution in [2.24, 2.45) is 5.92 Å². The van der Waals surface area contributed by atoms with Crippen molar-refractivity contribution in [1.29, 1.82) is 0 Å². The first-order chi connectivity index (χ1) is 9.36. The van der Waals surface area contributed by atoms with Gasteiger partial charge in [0.15, 0.2) is 0 Å². The molecule has 4 heteroatoms. The molecule has 3 rings (SSSR count). The number of para-hydroxylation sites is 1. The Hall–Kier alpha value is -1.68. The smallest absolute Gasteiger partial charge is 0.100 e. The zero-order valence-corrected chi connectivity index (χ0v) is 11.3. The van der Waals surface area contributed by atoms with Gasteiger partial charge in [-0.25, -0.2) is 0 Å². The molecule has 1 aromatic heterocycles. The molecule has 1 aromatic carbocycles. The van der Waals surface area contributed by atoms with Crippen LogP contribution in [0.15, 0.2) is 36.5 Å². The molecule has 0 spiro atoms. The maximum atomic E-state index is 4.59. The molecule has 0 amide bonds. The molecule has 0 radical (unpaired) electrons. The Morgan fingerprint density at radius 3 is 2.79 bits per heavy atom. The van der Waals surface area contributed by atoms with Gasteiger partial charge >= 0.3 is 0 Å². The van der Waals surface area contributed by atoms with Gasteiger partial charge in [0.2, 0.25) is 0 Å². The molecule has 0 saturated heterocycles. The Kier molecular flexibility index (Phi) is 3.60. The highest BCUT2D eigenvalue weighted by Gasteiger charge is 2.23. The quantitative estimate of drug-likeness (QED) is 0.864. The summed E-state index contributed by atoms with van der Waals surface area (Å²) in [5.41, 5.74) is 2.04. The van der Waals surface area contributed by atoms with Gasteiger partial charge in [-0.3, -0.25) is 0 Å². The van der Waals surface area contributed by atoms with E-state index >= 15 is 0 Å². The van der Waals surface area contributed by atoms with Crippen molar-refractivity contribution in [2.75, 3.05) is 7.05 Å². The SMILES string of the molecule is CNC(CCC1CC1)c1cnn(-c2ccccc2)n1. The van der Waals surface area contributed by atoms with Crippen LogP contribution in [0, 0.1) is 5.92 Å². The van der Waals surface area contributed by atoms with Gasteiger partial charge < -0.3 is 5.32 Å². The minimum Gasteiger partial charge on any atom is -0.312 e.